The molecule has 2 nitrogen and oxygen atoms in total. The fraction of sp³-hybridized carbons (Fsp3) is 0.154. The van der Waals surface area contributed by atoms with E-state index < -0.39 is 0 Å². The summed E-state index contributed by atoms with van der Waals surface area (Å²) in [5.41, 5.74) is 7.84. The molecule has 4 heteroatoms. The molecule has 2 rings (SSSR count). The van der Waals surface area contributed by atoms with Crippen LogP contribution in [0.25, 0.3) is 0 Å². The lowest BCUT2D eigenvalue weighted by molar-refractivity contribution is 0.943. The monoisotopic (exact) mass is 264 g/mol. The fourth-order valence-corrected chi connectivity index (χ4v) is 2.57. The van der Waals surface area contributed by atoms with Crippen molar-refractivity contribution >= 4 is 23.4 Å². The van der Waals surface area contributed by atoms with Gasteiger partial charge in [0.1, 0.15) is 0 Å². The second-order valence-corrected chi connectivity index (χ2v) is 5.02. The molecule has 0 aliphatic heterocycles. The average Bonchev–Trinajstić information content (AvgIpc) is 2.38. The van der Waals surface area contributed by atoms with E-state index in [9.17, 15) is 0 Å². The van der Waals surface area contributed by atoms with E-state index >= 15 is 0 Å². The summed E-state index contributed by atoms with van der Waals surface area (Å²) in [5.74, 6) is 0.899. The fourth-order valence-electron chi connectivity index (χ4n) is 1.45. The molecule has 1 aromatic heterocycles. The molecular formula is C13H13ClN2S. The molecule has 2 aromatic rings. The second kappa shape index (κ2) is 6.05. The van der Waals surface area contributed by atoms with Gasteiger partial charge in [0.15, 0.2) is 0 Å². The summed E-state index contributed by atoms with van der Waals surface area (Å²) >= 11 is 7.59. The molecule has 88 valence electrons. The highest BCUT2D eigenvalue weighted by Gasteiger charge is 2.02. The SMILES string of the molecule is NCc1ncccc1SCc1ccc(Cl)cc1. The van der Waals surface area contributed by atoms with Crippen molar-refractivity contribution in [3.8, 4) is 0 Å². The van der Waals surface area contributed by atoms with Crippen LogP contribution in [0.2, 0.25) is 5.02 Å². The number of pyridine rings is 1. The van der Waals surface area contributed by atoms with E-state index in [1.807, 2.05) is 30.3 Å². The van der Waals surface area contributed by atoms with Gasteiger partial charge in [0.2, 0.25) is 0 Å². The van der Waals surface area contributed by atoms with E-state index in [1.165, 1.54) is 5.56 Å². The quantitative estimate of drug-likeness (QED) is 0.860. The molecule has 1 aromatic carbocycles. The molecule has 0 amide bonds. The van der Waals surface area contributed by atoms with E-state index in [1.54, 1.807) is 18.0 Å². The molecule has 0 aliphatic carbocycles. The predicted octanol–water partition coefficient (Wildman–Crippen LogP) is 3.49. The molecule has 2 N–H and O–H groups in total. The number of nitrogens with zero attached hydrogens (tertiary/aromatic N) is 1. The van der Waals surface area contributed by atoms with Crippen molar-refractivity contribution in [3.63, 3.8) is 0 Å². The van der Waals surface area contributed by atoms with Gasteiger partial charge in [0.05, 0.1) is 5.69 Å². The van der Waals surface area contributed by atoms with Crippen LogP contribution in [0.1, 0.15) is 11.3 Å². The molecule has 0 unspecified atom stereocenters. The zero-order chi connectivity index (χ0) is 12.1. The molecule has 0 atom stereocenters. The average molecular weight is 265 g/mol. The third kappa shape index (κ3) is 3.46. The summed E-state index contributed by atoms with van der Waals surface area (Å²) in [7, 11) is 0. The van der Waals surface area contributed by atoms with Crippen molar-refractivity contribution in [2.75, 3.05) is 0 Å². The van der Waals surface area contributed by atoms with Gasteiger partial charge < -0.3 is 5.73 Å². The van der Waals surface area contributed by atoms with Crippen LogP contribution in [0.5, 0.6) is 0 Å². The first-order valence-corrected chi connectivity index (χ1v) is 6.67. The smallest absolute Gasteiger partial charge is 0.0675 e. The van der Waals surface area contributed by atoms with E-state index in [2.05, 4.69) is 11.1 Å². The van der Waals surface area contributed by atoms with Gasteiger partial charge in [-0.1, -0.05) is 23.7 Å². The van der Waals surface area contributed by atoms with Crippen molar-refractivity contribution in [2.24, 2.45) is 5.73 Å². The maximum absolute atomic E-state index is 5.84. The normalized spacial score (nSPS) is 10.5. The van der Waals surface area contributed by atoms with Gasteiger partial charge >= 0.3 is 0 Å². The number of hydrogen-bond donors (Lipinski definition) is 1. The van der Waals surface area contributed by atoms with Crippen LogP contribution < -0.4 is 5.73 Å². The van der Waals surface area contributed by atoms with E-state index in [-0.39, 0.29) is 0 Å². The van der Waals surface area contributed by atoms with Crippen molar-refractivity contribution in [1.82, 2.24) is 4.98 Å². The zero-order valence-electron chi connectivity index (χ0n) is 9.27. The first-order chi connectivity index (χ1) is 8.29. The summed E-state index contributed by atoms with van der Waals surface area (Å²) in [5, 5.41) is 0.766. The standard InChI is InChI=1S/C13H13ClN2S/c14-11-5-3-10(4-6-11)9-17-13-2-1-7-16-12(13)8-15/h1-7H,8-9,15H2. The Balaban J connectivity index is 2.04. The first-order valence-electron chi connectivity index (χ1n) is 5.31. The lowest BCUT2D eigenvalue weighted by Gasteiger charge is -2.06. The maximum Gasteiger partial charge on any atom is 0.0675 e. The Labute approximate surface area is 110 Å². The Bertz CT molecular complexity index is 485. The number of halogens is 1. The van der Waals surface area contributed by atoms with Crippen molar-refractivity contribution in [1.29, 1.82) is 0 Å². The van der Waals surface area contributed by atoms with E-state index in [0.717, 1.165) is 21.4 Å². The van der Waals surface area contributed by atoms with Crippen LogP contribution in [0.4, 0.5) is 0 Å². The molecule has 0 spiro atoms. The van der Waals surface area contributed by atoms with Gasteiger partial charge in [0, 0.05) is 28.4 Å². The molecule has 0 saturated carbocycles. The highest BCUT2D eigenvalue weighted by atomic mass is 35.5. The minimum Gasteiger partial charge on any atom is -0.325 e. The summed E-state index contributed by atoms with van der Waals surface area (Å²) in [4.78, 5) is 5.40. The van der Waals surface area contributed by atoms with Crippen LogP contribution in [0.3, 0.4) is 0 Å². The lowest BCUT2D eigenvalue weighted by atomic mass is 10.2. The number of aromatic nitrogens is 1. The third-order valence-electron chi connectivity index (χ3n) is 2.35. The predicted molar refractivity (Wildman–Crippen MR) is 73.1 cm³/mol. The van der Waals surface area contributed by atoms with Crippen LogP contribution in [0, 0.1) is 0 Å². The van der Waals surface area contributed by atoms with E-state index in [4.69, 9.17) is 17.3 Å². The molecule has 0 fully saturated rings. The van der Waals surface area contributed by atoms with Crippen molar-refractivity contribution in [2.45, 2.75) is 17.2 Å². The van der Waals surface area contributed by atoms with Gasteiger partial charge in [-0.05, 0) is 29.8 Å². The second-order valence-electron chi connectivity index (χ2n) is 3.57. The molecule has 0 saturated heterocycles. The Morgan fingerprint density at radius 2 is 1.94 bits per heavy atom. The highest BCUT2D eigenvalue weighted by molar-refractivity contribution is 7.98. The topological polar surface area (TPSA) is 38.9 Å². The molecular weight excluding hydrogens is 252 g/mol. The summed E-state index contributed by atoms with van der Waals surface area (Å²) in [6.45, 7) is 0.476. The molecule has 0 aliphatic rings. The van der Waals surface area contributed by atoms with Gasteiger partial charge in [0.25, 0.3) is 0 Å². The molecule has 1 heterocycles. The first kappa shape index (κ1) is 12.4. The minimum atomic E-state index is 0.476. The molecule has 0 bridgehead atoms. The minimum absolute atomic E-state index is 0.476. The largest absolute Gasteiger partial charge is 0.325 e. The van der Waals surface area contributed by atoms with Gasteiger partial charge in [-0.3, -0.25) is 4.98 Å². The Kier molecular flexibility index (Phi) is 4.42. The maximum atomic E-state index is 5.84. The summed E-state index contributed by atoms with van der Waals surface area (Å²) in [6.07, 6.45) is 1.77. The molecule has 17 heavy (non-hydrogen) atoms. The van der Waals surface area contributed by atoms with Crippen LogP contribution in [-0.2, 0) is 12.3 Å². The number of nitrogens with two attached hydrogens (primary N) is 1. The zero-order valence-corrected chi connectivity index (χ0v) is 10.8. The van der Waals surface area contributed by atoms with E-state index in [0.29, 0.717) is 6.54 Å². The van der Waals surface area contributed by atoms with Gasteiger partial charge in [-0.15, -0.1) is 11.8 Å². The third-order valence-corrected chi connectivity index (χ3v) is 3.76. The highest BCUT2D eigenvalue weighted by Crippen LogP contribution is 2.25. The summed E-state index contributed by atoms with van der Waals surface area (Å²) in [6, 6.07) is 11.9. The molecule has 0 radical (unpaired) electrons. The summed E-state index contributed by atoms with van der Waals surface area (Å²) < 4.78 is 0. The number of hydrogen-bond acceptors (Lipinski definition) is 3. The van der Waals surface area contributed by atoms with Crippen LogP contribution >= 0.6 is 23.4 Å². The Morgan fingerprint density at radius 3 is 2.65 bits per heavy atom. The van der Waals surface area contributed by atoms with Gasteiger partial charge in [-0.2, -0.15) is 0 Å². The number of rotatable bonds is 4. The van der Waals surface area contributed by atoms with Gasteiger partial charge in [-0.25, -0.2) is 0 Å². The van der Waals surface area contributed by atoms with Crippen molar-refractivity contribution < 1.29 is 0 Å². The Morgan fingerprint density at radius 1 is 1.18 bits per heavy atom. The number of benzene rings is 1. The Hall–Kier alpha value is -1.03. The lowest BCUT2D eigenvalue weighted by Crippen LogP contribution is -2.01. The van der Waals surface area contributed by atoms with Crippen LogP contribution in [-0.4, -0.2) is 4.98 Å². The number of thioether (sulfide) groups is 1. The van der Waals surface area contributed by atoms with Crippen molar-refractivity contribution in [3.05, 3.63) is 58.9 Å². The van der Waals surface area contributed by atoms with Crippen LogP contribution in [0.15, 0.2) is 47.5 Å².